The van der Waals surface area contributed by atoms with Crippen molar-refractivity contribution in [2.24, 2.45) is 0 Å². The first-order chi connectivity index (χ1) is 14.0. The molecule has 2 heterocycles. The van der Waals surface area contributed by atoms with E-state index in [1.54, 1.807) is 6.26 Å². The SMILES string of the molecule is Cc1c(C#N)c(NC(=O)CN(C)C2CCCCCCC2)n(Cc2ccco2)c1C. The number of hydrogen-bond donors (Lipinski definition) is 1. The standard InChI is InChI=1S/C23H32N4O2/c1-17-18(2)27(15-20-12-9-13-29-20)23(21(17)14-24)25-22(28)16-26(3)19-10-7-5-4-6-8-11-19/h9,12-13,19H,4-8,10-11,15-16H2,1-3H3,(H,25,28). The highest BCUT2D eigenvalue weighted by molar-refractivity contribution is 5.93. The fourth-order valence-electron chi connectivity index (χ4n) is 4.29. The molecule has 0 radical (unpaired) electrons. The lowest BCUT2D eigenvalue weighted by molar-refractivity contribution is -0.117. The molecule has 3 rings (SSSR count). The molecule has 6 nitrogen and oxygen atoms in total. The fraction of sp³-hybridized carbons (Fsp3) is 0.565. The number of nitrogens with one attached hydrogen (secondary N) is 1. The van der Waals surface area contributed by atoms with Gasteiger partial charge in [0.2, 0.25) is 5.91 Å². The first-order valence-electron chi connectivity index (χ1n) is 10.6. The van der Waals surface area contributed by atoms with Crippen molar-refractivity contribution in [1.82, 2.24) is 9.47 Å². The summed E-state index contributed by atoms with van der Waals surface area (Å²) in [5, 5.41) is 12.7. The molecular weight excluding hydrogens is 364 g/mol. The molecule has 6 heteroatoms. The van der Waals surface area contributed by atoms with Gasteiger partial charge in [-0.2, -0.15) is 5.26 Å². The average Bonchev–Trinajstić information content (AvgIpc) is 3.24. The van der Waals surface area contributed by atoms with E-state index in [1.807, 2.05) is 37.6 Å². The number of carbonyl (C=O) groups excluding carboxylic acids is 1. The Hall–Kier alpha value is -2.52. The summed E-state index contributed by atoms with van der Waals surface area (Å²) in [6.07, 6.45) is 10.3. The van der Waals surface area contributed by atoms with E-state index in [-0.39, 0.29) is 5.91 Å². The van der Waals surface area contributed by atoms with Crippen molar-refractivity contribution in [2.45, 2.75) is 71.4 Å². The molecule has 2 aromatic rings. The predicted octanol–water partition coefficient (Wildman–Crippen LogP) is 4.60. The highest BCUT2D eigenvalue weighted by Gasteiger charge is 2.23. The number of nitrogens with zero attached hydrogens (tertiary/aromatic N) is 3. The Morgan fingerprint density at radius 2 is 1.97 bits per heavy atom. The summed E-state index contributed by atoms with van der Waals surface area (Å²) in [7, 11) is 2.04. The number of rotatable bonds is 6. The van der Waals surface area contributed by atoms with Gasteiger partial charge >= 0.3 is 0 Å². The van der Waals surface area contributed by atoms with E-state index in [0.717, 1.165) is 29.9 Å². The zero-order chi connectivity index (χ0) is 20.8. The van der Waals surface area contributed by atoms with Crippen molar-refractivity contribution >= 4 is 11.7 Å². The van der Waals surface area contributed by atoms with Crippen molar-refractivity contribution in [2.75, 3.05) is 18.9 Å². The van der Waals surface area contributed by atoms with Gasteiger partial charge in [-0.15, -0.1) is 0 Å². The molecule has 0 aliphatic heterocycles. The minimum absolute atomic E-state index is 0.0794. The van der Waals surface area contributed by atoms with E-state index in [0.29, 0.717) is 30.5 Å². The minimum atomic E-state index is -0.0794. The summed E-state index contributed by atoms with van der Waals surface area (Å²) in [6, 6.07) is 6.46. The number of amides is 1. The lowest BCUT2D eigenvalue weighted by Crippen LogP contribution is -2.38. The van der Waals surface area contributed by atoms with Crippen LogP contribution < -0.4 is 5.32 Å². The van der Waals surface area contributed by atoms with Crippen LogP contribution >= 0.6 is 0 Å². The van der Waals surface area contributed by atoms with Gasteiger partial charge in [-0.1, -0.05) is 32.1 Å². The van der Waals surface area contributed by atoms with Crippen LogP contribution in [0.2, 0.25) is 0 Å². The maximum atomic E-state index is 12.9. The van der Waals surface area contributed by atoms with Gasteiger partial charge in [-0.05, 0) is 51.4 Å². The molecule has 0 bridgehead atoms. The third-order valence-electron chi connectivity index (χ3n) is 6.18. The Morgan fingerprint density at radius 1 is 1.28 bits per heavy atom. The Balaban J connectivity index is 1.73. The van der Waals surface area contributed by atoms with Crippen LogP contribution in [0.3, 0.4) is 0 Å². The van der Waals surface area contributed by atoms with Crippen molar-refractivity contribution < 1.29 is 9.21 Å². The normalized spacial score (nSPS) is 15.7. The second-order valence-electron chi connectivity index (χ2n) is 8.17. The van der Waals surface area contributed by atoms with Crippen molar-refractivity contribution in [3.8, 4) is 6.07 Å². The lowest BCUT2D eigenvalue weighted by Gasteiger charge is -2.29. The molecule has 0 saturated heterocycles. The molecule has 0 spiro atoms. The van der Waals surface area contributed by atoms with Crippen LogP contribution in [0.1, 0.15) is 67.5 Å². The number of nitriles is 1. The summed E-state index contributed by atoms with van der Waals surface area (Å²) in [4.78, 5) is 15.0. The fourth-order valence-corrected chi connectivity index (χ4v) is 4.29. The number of anilines is 1. The molecule has 0 atom stereocenters. The lowest BCUT2D eigenvalue weighted by atomic mass is 9.96. The number of aromatic nitrogens is 1. The monoisotopic (exact) mass is 396 g/mol. The Morgan fingerprint density at radius 3 is 2.59 bits per heavy atom. The summed E-state index contributed by atoms with van der Waals surface area (Å²) in [6.45, 7) is 4.70. The van der Waals surface area contributed by atoms with E-state index >= 15 is 0 Å². The first kappa shape index (κ1) is 21.2. The van der Waals surface area contributed by atoms with Gasteiger partial charge in [0.25, 0.3) is 0 Å². The van der Waals surface area contributed by atoms with Crippen LogP contribution in [0.25, 0.3) is 0 Å². The van der Waals surface area contributed by atoms with Gasteiger partial charge in [0.05, 0.1) is 24.9 Å². The zero-order valence-electron chi connectivity index (χ0n) is 17.8. The van der Waals surface area contributed by atoms with E-state index in [4.69, 9.17) is 4.42 Å². The van der Waals surface area contributed by atoms with Gasteiger partial charge < -0.3 is 14.3 Å². The van der Waals surface area contributed by atoms with Crippen molar-refractivity contribution in [3.05, 3.63) is 41.0 Å². The highest BCUT2D eigenvalue weighted by Crippen LogP contribution is 2.28. The summed E-state index contributed by atoms with van der Waals surface area (Å²) in [5.74, 6) is 1.27. The van der Waals surface area contributed by atoms with Gasteiger partial charge in [0, 0.05) is 11.7 Å². The number of carbonyl (C=O) groups is 1. The molecule has 1 aliphatic carbocycles. The average molecular weight is 397 g/mol. The largest absolute Gasteiger partial charge is 0.467 e. The molecule has 1 saturated carbocycles. The van der Waals surface area contributed by atoms with Crippen LogP contribution in [0, 0.1) is 25.2 Å². The van der Waals surface area contributed by atoms with E-state index < -0.39 is 0 Å². The summed E-state index contributed by atoms with van der Waals surface area (Å²) >= 11 is 0. The molecular formula is C23H32N4O2. The van der Waals surface area contributed by atoms with E-state index in [9.17, 15) is 10.1 Å². The van der Waals surface area contributed by atoms with Crippen LogP contribution in [0.15, 0.2) is 22.8 Å². The Bertz CT molecular complexity index is 853. The number of furan rings is 1. The Labute approximate surface area is 173 Å². The summed E-state index contributed by atoms with van der Waals surface area (Å²) < 4.78 is 7.44. The quantitative estimate of drug-likeness (QED) is 0.774. The van der Waals surface area contributed by atoms with Crippen molar-refractivity contribution in [3.63, 3.8) is 0 Å². The first-order valence-corrected chi connectivity index (χ1v) is 10.6. The summed E-state index contributed by atoms with van der Waals surface area (Å²) in [5.41, 5.74) is 2.38. The van der Waals surface area contributed by atoms with Crippen LogP contribution in [-0.2, 0) is 11.3 Å². The van der Waals surface area contributed by atoms with Gasteiger partial charge in [0.1, 0.15) is 17.6 Å². The van der Waals surface area contributed by atoms with Crippen molar-refractivity contribution in [1.29, 1.82) is 5.26 Å². The predicted molar refractivity (Wildman–Crippen MR) is 114 cm³/mol. The third kappa shape index (κ3) is 5.10. The van der Waals surface area contributed by atoms with Crippen LogP contribution in [0.4, 0.5) is 5.82 Å². The van der Waals surface area contributed by atoms with Gasteiger partial charge in [-0.25, -0.2) is 0 Å². The number of hydrogen-bond acceptors (Lipinski definition) is 4. The number of likely N-dealkylation sites (N-methyl/N-ethyl adjacent to an activating group) is 1. The zero-order valence-corrected chi connectivity index (χ0v) is 17.8. The van der Waals surface area contributed by atoms with Crippen LogP contribution in [-0.4, -0.2) is 35.0 Å². The molecule has 0 unspecified atom stereocenters. The second-order valence-corrected chi connectivity index (χ2v) is 8.17. The molecule has 1 amide bonds. The minimum Gasteiger partial charge on any atom is -0.467 e. The topological polar surface area (TPSA) is 74.2 Å². The molecule has 1 fully saturated rings. The van der Waals surface area contributed by atoms with Gasteiger partial charge in [0.15, 0.2) is 0 Å². The molecule has 29 heavy (non-hydrogen) atoms. The third-order valence-corrected chi connectivity index (χ3v) is 6.18. The van der Waals surface area contributed by atoms with Crippen LogP contribution in [0.5, 0.6) is 0 Å². The maximum absolute atomic E-state index is 12.9. The van der Waals surface area contributed by atoms with E-state index in [2.05, 4.69) is 16.3 Å². The molecule has 2 aromatic heterocycles. The van der Waals surface area contributed by atoms with E-state index in [1.165, 1.54) is 32.1 Å². The second kappa shape index (κ2) is 9.80. The maximum Gasteiger partial charge on any atom is 0.239 e. The molecule has 156 valence electrons. The van der Waals surface area contributed by atoms with Gasteiger partial charge in [-0.3, -0.25) is 9.69 Å². The molecule has 1 N–H and O–H groups in total. The Kier molecular flexibility index (Phi) is 7.16. The molecule has 0 aromatic carbocycles. The smallest absolute Gasteiger partial charge is 0.239 e. The molecule has 1 aliphatic rings. The highest BCUT2D eigenvalue weighted by atomic mass is 16.3.